The van der Waals surface area contributed by atoms with Gasteiger partial charge in [0.1, 0.15) is 23.9 Å². The topological polar surface area (TPSA) is 251 Å². The lowest BCUT2D eigenvalue weighted by atomic mass is 10.0. The van der Waals surface area contributed by atoms with Gasteiger partial charge >= 0.3 is 11.9 Å². The van der Waals surface area contributed by atoms with Crippen molar-refractivity contribution in [3.05, 3.63) is 29.8 Å². The van der Waals surface area contributed by atoms with Crippen molar-refractivity contribution in [3.8, 4) is 5.75 Å². The van der Waals surface area contributed by atoms with Gasteiger partial charge in [0.25, 0.3) is 0 Å². The van der Waals surface area contributed by atoms with Gasteiger partial charge in [-0.25, -0.2) is 4.79 Å². The van der Waals surface area contributed by atoms with Gasteiger partial charge in [0, 0.05) is 12.8 Å². The molecule has 1 aromatic rings. The Bertz CT molecular complexity index is 1030. The molecule has 1 rings (SSSR count). The number of nitrogens with one attached hydrogen (secondary N) is 3. The maximum atomic E-state index is 13.1. The molecule has 39 heavy (non-hydrogen) atoms. The summed E-state index contributed by atoms with van der Waals surface area (Å²) in [6.07, 6.45) is -1.26. The molecular formula is C25H37N5O9. The molecule has 0 aromatic heterocycles. The van der Waals surface area contributed by atoms with E-state index in [4.69, 9.17) is 16.6 Å². The minimum atomic E-state index is -1.41. The Morgan fingerprint density at radius 2 is 1.28 bits per heavy atom. The first kappa shape index (κ1) is 32.8. The molecule has 0 heterocycles. The molecule has 0 aliphatic heterocycles. The molecule has 0 fully saturated rings. The van der Waals surface area contributed by atoms with Crippen LogP contribution in [0, 0.1) is 5.92 Å². The van der Waals surface area contributed by atoms with E-state index in [1.807, 2.05) is 0 Å². The lowest BCUT2D eigenvalue weighted by Gasteiger charge is -2.25. The van der Waals surface area contributed by atoms with Crippen molar-refractivity contribution in [2.24, 2.45) is 17.4 Å². The number of carboxylic acid groups (broad SMARTS) is 2. The van der Waals surface area contributed by atoms with Gasteiger partial charge < -0.3 is 42.7 Å². The number of primary amides is 1. The number of carboxylic acids is 2. The Morgan fingerprint density at radius 1 is 0.795 bits per heavy atom. The second-order valence-electron chi connectivity index (χ2n) is 9.57. The summed E-state index contributed by atoms with van der Waals surface area (Å²) in [6, 6.07) is 0.753. The number of benzene rings is 1. The van der Waals surface area contributed by atoms with Crippen LogP contribution in [0.15, 0.2) is 24.3 Å². The highest BCUT2D eigenvalue weighted by atomic mass is 16.4. The van der Waals surface area contributed by atoms with E-state index in [0.717, 1.165) is 0 Å². The average Bonchev–Trinajstić information content (AvgIpc) is 2.84. The van der Waals surface area contributed by atoms with Crippen molar-refractivity contribution in [3.63, 3.8) is 0 Å². The van der Waals surface area contributed by atoms with Crippen LogP contribution in [0.2, 0.25) is 0 Å². The molecule has 14 heteroatoms. The number of carbonyl (C=O) groups excluding carboxylic acids is 4. The molecule has 0 bridgehead atoms. The predicted octanol–water partition coefficient (Wildman–Crippen LogP) is -1.02. The van der Waals surface area contributed by atoms with Gasteiger partial charge in [0.2, 0.25) is 23.6 Å². The SMILES string of the molecule is CC(C)CC(NC(=O)C(CCC(N)=O)NC(=O)C(CCC(=O)O)NC(=O)C(N)Cc1ccc(O)cc1)C(=O)O. The molecule has 0 saturated heterocycles. The molecule has 4 unspecified atom stereocenters. The van der Waals surface area contributed by atoms with Crippen LogP contribution < -0.4 is 27.4 Å². The lowest BCUT2D eigenvalue weighted by molar-refractivity contribution is -0.143. The number of amides is 4. The number of phenolic OH excluding ortho intramolecular Hbond substituents is 1. The fraction of sp³-hybridized carbons (Fsp3) is 0.520. The third-order valence-corrected chi connectivity index (χ3v) is 5.64. The highest BCUT2D eigenvalue weighted by molar-refractivity contribution is 5.94. The average molecular weight is 552 g/mol. The van der Waals surface area contributed by atoms with E-state index < -0.39 is 66.2 Å². The number of aliphatic carboxylic acids is 2. The highest BCUT2D eigenvalue weighted by Gasteiger charge is 2.31. The van der Waals surface area contributed by atoms with Crippen molar-refractivity contribution in [1.29, 1.82) is 0 Å². The van der Waals surface area contributed by atoms with E-state index in [0.29, 0.717) is 5.56 Å². The van der Waals surface area contributed by atoms with Crippen molar-refractivity contribution < 1.29 is 44.1 Å². The van der Waals surface area contributed by atoms with E-state index in [-0.39, 0.29) is 43.8 Å². The van der Waals surface area contributed by atoms with Crippen molar-refractivity contribution in [2.75, 3.05) is 0 Å². The molecule has 10 N–H and O–H groups in total. The molecular weight excluding hydrogens is 514 g/mol. The van der Waals surface area contributed by atoms with Crippen LogP contribution >= 0.6 is 0 Å². The molecule has 1 aromatic carbocycles. The van der Waals surface area contributed by atoms with Crippen LogP contribution in [0.1, 0.15) is 51.5 Å². The fourth-order valence-electron chi connectivity index (χ4n) is 3.59. The van der Waals surface area contributed by atoms with Gasteiger partial charge in [-0.2, -0.15) is 0 Å². The Hall–Kier alpha value is -4.20. The van der Waals surface area contributed by atoms with Crippen molar-refractivity contribution >= 4 is 35.6 Å². The second kappa shape index (κ2) is 15.9. The minimum absolute atomic E-state index is 0.0241. The molecule has 14 nitrogen and oxygen atoms in total. The van der Waals surface area contributed by atoms with Crippen LogP contribution in [0.5, 0.6) is 5.75 Å². The third kappa shape index (κ3) is 12.7. The first-order valence-corrected chi connectivity index (χ1v) is 12.4. The summed E-state index contributed by atoms with van der Waals surface area (Å²) in [5.74, 6) is -5.93. The number of rotatable bonds is 17. The maximum absolute atomic E-state index is 13.1. The normalized spacial score (nSPS) is 13.9. The largest absolute Gasteiger partial charge is 0.508 e. The Labute approximate surface area is 225 Å². The molecule has 0 aliphatic rings. The number of hydrogen-bond acceptors (Lipinski definition) is 8. The van der Waals surface area contributed by atoms with E-state index in [1.54, 1.807) is 26.0 Å². The summed E-state index contributed by atoms with van der Waals surface area (Å²) >= 11 is 0. The van der Waals surface area contributed by atoms with Crippen LogP contribution in [0.3, 0.4) is 0 Å². The summed E-state index contributed by atoms with van der Waals surface area (Å²) in [7, 11) is 0. The van der Waals surface area contributed by atoms with Gasteiger partial charge in [0.05, 0.1) is 6.04 Å². The zero-order chi connectivity index (χ0) is 29.7. The van der Waals surface area contributed by atoms with Gasteiger partial charge in [0.15, 0.2) is 0 Å². The number of aromatic hydroxyl groups is 1. The van der Waals surface area contributed by atoms with Crippen LogP contribution in [-0.4, -0.2) is 75.1 Å². The summed E-state index contributed by atoms with van der Waals surface area (Å²) in [5, 5.41) is 35.0. The number of phenols is 1. The van der Waals surface area contributed by atoms with Crippen molar-refractivity contribution in [2.45, 2.75) is 76.5 Å². The smallest absolute Gasteiger partial charge is 0.326 e. The van der Waals surface area contributed by atoms with E-state index >= 15 is 0 Å². The summed E-state index contributed by atoms with van der Waals surface area (Å²) < 4.78 is 0. The minimum Gasteiger partial charge on any atom is -0.508 e. The maximum Gasteiger partial charge on any atom is 0.326 e. The number of carbonyl (C=O) groups is 6. The Balaban J connectivity index is 3.04. The van der Waals surface area contributed by atoms with E-state index in [9.17, 15) is 39.0 Å². The number of hydrogen-bond donors (Lipinski definition) is 8. The first-order valence-electron chi connectivity index (χ1n) is 12.4. The molecule has 0 aliphatic carbocycles. The zero-order valence-electron chi connectivity index (χ0n) is 21.9. The molecule has 4 atom stereocenters. The second-order valence-corrected chi connectivity index (χ2v) is 9.57. The lowest BCUT2D eigenvalue weighted by Crippen LogP contribution is -2.57. The Kier molecular flexibility index (Phi) is 13.4. The third-order valence-electron chi connectivity index (χ3n) is 5.64. The Morgan fingerprint density at radius 3 is 1.74 bits per heavy atom. The van der Waals surface area contributed by atoms with Crippen LogP contribution in [0.25, 0.3) is 0 Å². The quantitative estimate of drug-likeness (QED) is 0.117. The fourth-order valence-corrected chi connectivity index (χ4v) is 3.59. The molecule has 4 amide bonds. The summed E-state index contributed by atoms with van der Waals surface area (Å²) in [6.45, 7) is 3.52. The van der Waals surface area contributed by atoms with Gasteiger partial charge in [-0.1, -0.05) is 26.0 Å². The highest BCUT2D eigenvalue weighted by Crippen LogP contribution is 2.12. The van der Waals surface area contributed by atoms with E-state index in [1.165, 1.54) is 12.1 Å². The van der Waals surface area contributed by atoms with Crippen molar-refractivity contribution in [1.82, 2.24) is 16.0 Å². The monoisotopic (exact) mass is 551 g/mol. The standard InChI is InChI=1S/C25H37N5O9/c1-13(2)11-19(25(38)39)30-24(37)17(7-9-20(27)32)29-23(36)18(8-10-21(33)34)28-22(35)16(26)12-14-3-5-15(31)6-4-14/h3-6,13,16-19,31H,7-12,26H2,1-2H3,(H2,27,32)(H,28,35)(H,29,36)(H,30,37)(H,33,34)(H,38,39). The molecule has 0 saturated carbocycles. The molecule has 216 valence electrons. The van der Waals surface area contributed by atoms with Crippen LogP contribution in [0.4, 0.5) is 0 Å². The summed E-state index contributed by atoms with van der Waals surface area (Å²) in [4.78, 5) is 72.7. The van der Waals surface area contributed by atoms with E-state index in [2.05, 4.69) is 16.0 Å². The van der Waals surface area contributed by atoms with Gasteiger partial charge in [-0.3, -0.25) is 24.0 Å². The molecule has 0 radical (unpaired) electrons. The van der Waals surface area contributed by atoms with Gasteiger partial charge in [-0.15, -0.1) is 0 Å². The van der Waals surface area contributed by atoms with Gasteiger partial charge in [-0.05, 0) is 49.3 Å². The molecule has 0 spiro atoms. The predicted molar refractivity (Wildman–Crippen MR) is 138 cm³/mol. The van der Waals surface area contributed by atoms with Crippen LogP contribution in [-0.2, 0) is 35.2 Å². The first-order chi connectivity index (χ1) is 18.2. The number of nitrogens with two attached hydrogens (primary N) is 2. The zero-order valence-corrected chi connectivity index (χ0v) is 21.9. The summed E-state index contributed by atoms with van der Waals surface area (Å²) in [5.41, 5.74) is 11.7.